The van der Waals surface area contributed by atoms with E-state index in [2.05, 4.69) is 49.0 Å². The highest BCUT2D eigenvalue weighted by molar-refractivity contribution is 9.10. The fourth-order valence-corrected chi connectivity index (χ4v) is 2.91. The molecule has 1 heterocycles. The van der Waals surface area contributed by atoms with E-state index in [0.717, 1.165) is 23.0 Å². The van der Waals surface area contributed by atoms with Gasteiger partial charge >= 0.3 is 0 Å². The van der Waals surface area contributed by atoms with Gasteiger partial charge in [-0.3, -0.25) is 4.79 Å². The van der Waals surface area contributed by atoms with Crippen LogP contribution in [0.25, 0.3) is 0 Å². The molecule has 0 aliphatic heterocycles. The molecule has 0 radical (unpaired) electrons. The first-order valence-corrected chi connectivity index (χ1v) is 9.83. The fourth-order valence-electron chi connectivity index (χ4n) is 2.45. The van der Waals surface area contributed by atoms with Crippen LogP contribution in [0, 0.1) is 0 Å². The molecule has 2 rings (SSSR count). The monoisotopic (exact) mass is 454 g/mol. The summed E-state index contributed by atoms with van der Waals surface area (Å²) in [7, 11) is 1.56. The predicted molar refractivity (Wildman–Crippen MR) is 110 cm³/mol. The van der Waals surface area contributed by atoms with Gasteiger partial charge in [0.15, 0.2) is 18.1 Å². The molecule has 0 aliphatic rings. The van der Waals surface area contributed by atoms with Gasteiger partial charge in [-0.15, -0.1) is 0 Å². The molecule has 2 N–H and O–H groups in total. The number of hydrogen-bond donors (Lipinski definition) is 2. The van der Waals surface area contributed by atoms with E-state index < -0.39 is 0 Å². The Morgan fingerprint density at radius 3 is 2.68 bits per heavy atom. The number of benzene rings is 1. The molecule has 0 saturated carbocycles. The lowest BCUT2D eigenvalue weighted by Crippen LogP contribution is -2.43. The van der Waals surface area contributed by atoms with Gasteiger partial charge in [0.25, 0.3) is 5.91 Å². The van der Waals surface area contributed by atoms with Gasteiger partial charge in [-0.05, 0) is 55.3 Å². The van der Waals surface area contributed by atoms with E-state index in [1.54, 1.807) is 17.9 Å². The molecule has 0 aliphatic carbocycles. The second-order valence-electron chi connectivity index (χ2n) is 7.26. The van der Waals surface area contributed by atoms with Crippen LogP contribution in [0.2, 0.25) is 0 Å². The molecule has 0 fully saturated rings. The lowest BCUT2D eigenvalue weighted by atomic mass is 10.1. The summed E-state index contributed by atoms with van der Waals surface area (Å²) in [6.07, 6.45) is 0.937. The number of carbonyl (C=O) groups is 1. The fraction of sp³-hybridized carbons (Fsp3) is 0.556. The lowest BCUT2D eigenvalue weighted by molar-refractivity contribution is -0.124. The van der Waals surface area contributed by atoms with Crippen LogP contribution in [-0.2, 0) is 17.9 Å². The van der Waals surface area contributed by atoms with Crippen molar-refractivity contribution >= 4 is 27.8 Å². The van der Waals surface area contributed by atoms with Crippen molar-refractivity contribution in [2.75, 3.05) is 19.0 Å². The maximum atomic E-state index is 12.0. The average Bonchev–Trinajstić information content (AvgIpc) is 3.05. The van der Waals surface area contributed by atoms with Crippen LogP contribution < -0.4 is 20.1 Å². The minimum absolute atomic E-state index is 0.0938. The molecule has 1 amide bonds. The minimum Gasteiger partial charge on any atom is -0.493 e. The summed E-state index contributed by atoms with van der Waals surface area (Å²) in [6, 6.07) is 3.64. The Kier molecular flexibility index (Phi) is 7.61. The lowest BCUT2D eigenvalue weighted by Gasteiger charge is -2.21. The van der Waals surface area contributed by atoms with Crippen LogP contribution in [0.15, 0.2) is 16.6 Å². The second kappa shape index (κ2) is 9.72. The SMILES string of the molecule is CCCn1nnnc1NCc1cc(OC)c(OCC(=O)NC(C)(C)C)cc1Br. The number of nitrogens with zero attached hydrogens (tertiary/aromatic N) is 4. The molecule has 10 heteroatoms. The summed E-state index contributed by atoms with van der Waals surface area (Å²) < 4.78 is 13.6. The van der Waals surface area contributed by atoms with E-state index in [4.69, 9.17) is 9.47 Å². The molecular formula is C18H27BrN6O3. The molecule has 9 nitrogen and oxygen atoms in total. The summed E-state index contributed by atoms with van der Waals surface area (Å²) >= 11 is 3.55. The first-order valence-electron chi connectivity index (χ1n) is 9.03. The number of rotatable bonds is 9. The van der Waals surface area contributed by atoms with Crippen molar-refractivity contribution in [3.05, 3.63) is 22.2 Å². The largest absolute Gasteiger partial charge is 0.493 e. The van der Waals surface area contributed by atoms with Crippen molar-refractivity contribution in [2.24, 2.45) is 0 Å². The number of aromatic nitrogens is 4. The number of hydrogen-bond acceptors (Lipinski definition) is 7. The molecule has 1 aromatic heterocycles. The van der Waals surface area contributed by atoms with E-state index in [9.17, 15) is 4.79 Å². The number of nitrogens with one attached hydrogen (secondary N) is 2. The number of tetrazole rings is 1. The summed E-state index contributed by atoms with van der Waals surface area (Å²) in [4.78, 5) is 12.0. The second-order valence-corrected chi connectivity index (χ2v) is 8.11. The smallest absolute Gasteiger partial charge is 0.258 e. The average molecular weight is 455 g/mol. The number of ether oxygens (including phenoxy) is 2. The molecule has 0 spiro atoms. The van der Waals surface area contributed by atoms with Crippen LogP contribution in [0.5, 0.6) is 11.5 Å². The zero-order valence-corrected chi connectivity index (χ0v) is 18.5. The number of aryl methyl sites for hydroxylation is 1. The van der Waals surface area contributed by atoms with Gasteiger partial charge in [0.1, 0.15) is 0 Å². The Labute approximate surface area is 173 Å². The molecule has 0 atom stereocenters. The maximum absolute atomic E-state index is 12.0. The zero-order chi connectivity index (χ0) is 20.7. The molecule has 2 aromatic rings. The standard InChI is InChI=1S/C18H27BrN6O3/c1-6-7-25-17(22-23-24-25)20-10-12-8-14(27-5)15(9-13(12)19)28-11-16(26)21-18(2,3)4/h8-9H,6-7,10-11H2,1-5H3,(H,21,26)(H,20,22,24). The van der Waals surface area contributed by atoms with Crippen molar-refractivity contribution in [2.45, 2.75) is 52.7 Å². The third-order valence-corrected chi connectivity index (χ3v) is 4.35. The number of methoxy groups -OCH3 is 1. The molecule has 28 heavy (non-hydrogen) atoms. The highest BCUT2D eigenvalue weighted by Crippen LogP contribution is 2.34. The quantitative estimate of drug-likeness (QED) is 0.599. The van der Waals surface area contributed by atoms with Gasteiger partial charge in [-0.25, -0.2) is 4.68 Å². The first kappa shape index (κ1) is 21.9. The third kappa shape index (κ3) is 6.36. The van der Waals surface area contributed by atoms with Crippen LogP contribution in [0.1, 0.15) is 39.7 Å². The minimum atomic E-state index is -0.312. The van der Waals surface area contributed by atoms with Crippen LogP contribution in [0.3, 0.4) is 0 Å². The summed E-state index contributed by atoms with van der Waals surface area (Å²) in [6.45, 7) is 8.95. The molecule has 0 unspecified atom stereocenters. The number of amides is 1. The van der Waals surface area contributed by atoms with Crippen molar-refractivity contribution in [1.29, 1.82) is 0 Å². The summed E-state index contributed by atoms with van der Waals surface area (Å²) in [5.41, 5.74) is 0.628. The third-order valence-electron chi connectivity index (χ3n) is 3.61. The highest BCUT2D eigenvalue weighted by atomic mass is 79.9. The first-order chi connectivity index (χ1) is 13.2. The number of halogens is 1. The van der Waals surface area contributed by atoms with Gasteiger partial charge < -0.3 is 20.1 Å². The Balaban J connectivity index is 2.06. The maximum Gasteiger partial charge on any atom is 0.258 e. The predicted octanol–water partition coefficient (Wildman–Crippen LogP) is 2.76. The molecule has 0 saturated heterocycles. The van der Waals surface area contributed by atoms with Gasteiger partial charge in [0.05, 0.1) is 7.11 Å². The summed E-state index contributed by atoms with van der Waals surface area (Å²) in [5, 5.41) is 17.7. The van der Waals surface area contributed by atoms with Crippen molar-refractivity contribution < 1.29 is 14.3 Å². The van der Waals surface area contributed by atoms with Crippen LogP contribution in [0.4, 0.5) is 5.95 Å². The number of carbonyl (C=O) groups excluding carboxylic acids is 1. The molecule has 154 valence electrons. The van der Waals surface area contributed by atoms with Gasteiger partial charge in [-0.2, -0.15) is 0 Å². The number of anilines is 1. The Bertz CT molecular complexity index is 803. The normalized spacial score (nSPS) is 11.2. The Morgan fingerprint density at radius 1 is 1.29 bits per heavy atom. The highest BCUT2D eigenvalue weighted by Gasteiger charge is 2.16. The molecular weight excluding hydrogens is 428 g/mol. The van der Waals surface area contributed by atoms with E-state index in [0.29, 0.717) is 24.0 Å². The van der Waals surface area contributed by atoms with Gasteiger partial charge in [0, 0.05) is 23.1 Å². The van der Waals surface area contributed by atoms with E-state index in [1.807, 2.05) is 26.8 Å². The zero-order valence-electron chi connectivity index (χ0n) is 16.9. The Morgan fingerprint density at radius 2 is 2.04 bits per heavy atom. The van der Waals surface area contributed by atoms with Crippen LogP contribution >= 0.6 is 15.9 Å². The topological polar surface area (TPSA) is 103 Å². The molecule has 0 bridgehead atoms. The van der Waals surface area contributed by atoms with Crippen molar-refractivity contribution in [1.82, 2.24) is 25.5 Å². The van der Waals surface area contributed by atoms with E-state index >= 15 is 0 Å². The van der Waals surface area contributed by atoms with Crippen molar-refractivity contribution in [3.63, 3.8) is 0 Å². The summed E-state index contributed by atoms with van der Waals surface area (Å²) in [5.74, 6) is 1.43. The van der Waals surface area contributed by atoms with Crippen molar-refractivity contribution in [3.8, 4) is 11.5 Å². The van der Waals surface area contributed by atoms with Gasteiger partial charge in [-0.1, -0.05) is 28.0 Å². The molecule has 1 aromatic carbocycles. The Hall–Kier alpha value is -2.36. The van der Waals surface area contributed by atoms with Gasteiger partial charge in [0.2, 0.25) is 5.95 Å². The van der Waals surface area contributed by atoms with Crippen LogP contribution in [-0.4, -0.2) is 45.4 Å². The van der Waals surface area contributed by atoms with E-state index in [-0.39, 0.29) is 18.1 Å². The van der Waals surface area contributed by atoms with E-state index in [1.165, 1.54) is 0 Å².